The van der Waals surface area contributed by atoms with Gasteiger partial charge in [0.25, 0.3) is 0 Å². The Kier molecular flexibility index (Phi) is 4.26. The smallest absolute Gasteiger partial charge is 0.308 e. The van der Waals surface area contributed by atoms with E-state index < -0.39 is 0 Å². The molecular weight excluding hydrogens is 288 g/mol. The Balaban J connectivity index is 1.64. The second-order valence-electron chi connectivity index (χ2n) is 5.27. The van der Waals surface area contributed by atoms with Gasteiger partial charge in [-0.2, -0.15) is 0 Å². The molecule has 1 atom stereocenters. The first-order valence-electron chi connectivity index (χ1n) is 7.13. The van der Waals surface area contributed by atoms with Crippen LogP contribution in [0.2, 0.25) is 0 Å². The Labute approximate surface area is 127 Å². The Morgan fingerprint density at radius 2 is 2.41 bits per heavy atom. The number of methoxy groups -OCH3 is 1. The van der Waals surface area contributed by atoms with Gasteiger partial charge in [-0.15, -0.1) is 0 Å². The van der Waals surface area contributed by atoms with E-state index >= 15 is 0 Å². The van der Waals surface area contributed by atoms with Crippen molar-refractivity contribution in [2.24, 2.45) is 0 Å². The van der Waals surface area contributed by atoms with Gasteiger partial charge in [0, 0.05) is 19.2 Å². The average Bonchev–Trinajstić information content (AvgIpc) is 2.88. The van der Waals surface area contributed by atoms with Crippen molar-refractivity contribution in [1.29, 1.82) is 0 Å². The summed E-state index contributed by atoms with van der Waals surface area (Å²) in [5.74, 6) is 0.461. The first-order chi connectivity index (χ1) is 10.6. The van der Waals surface area contributed by atoms with Gasteiger partial charge in [-0.3, -0.25) is 9.69 Å². The molecule has 1 aliphatic rings. The van der Waals surface area contributed by atoms with E-state index in [0.29, 0.717) is 36.7 Å². The molecule has 2 aromatic rings. The molecule has 1 aromatic carbocycles. The van der Waals surface area contributed by atoms with E-state index in [1.807, 2.05) is 0 Å². The Morgan fingerprint density at radius 1 is 1.55 bits per heavy atom. The van der Waals surface area contributed by atoms with E-state index in [1.54, 1.807) is 18.2 Å². The number of rotatable bonds is 4. The molecule has 1 N–H and O–H groups in total. The van der Waals surface area contributed by atoms with E-state index in [9.17, 15) is 9.90 Å². The fourth-order valence-corrected chi connectivity index (χ4v) is 2.54. The van der Waals surface area contributed by atoms with Crippen molar-refractivity contribution in [1.82, 2.24) is 9.88 Å². The zero-order valence-electron chi connectivity index (χ0n) is 12.3. The normalized spacial score (nSPS) is 19.4. The summed E-state index contributed by atoms with van der Waals surface area (Å²) in [6.45, 7) is 2.47. The van der Waals surface area contributed by atoms with Crippen LogP contribution in [-0.2, 0) is 20.8 Å². The molecule has 0 unspecified atom stereocenters. The molecule has 118 valence electrons. The Morgan fingerprint density at radius 3 is 3.23 bits per heavy atom. The number of aromatic nitrogens is 1. The van der Waals surface area contributed by atoms with Crippen LogP contribution in [0.5, 0.6) is 5.75 Å². The minimum atomic E-state index is -0.274. The van der Waals surface area contributed by atoms with Gasteiger partial charge in [0.05, 0.1) is 32.8 Å². The molecule has 22 heavy (non-hydrogen) atoms. The number of oxazole rings is 1. The summed E-state index contributed by atoms with van der Waals surface area (Å²) in [6, 6.07) is 4.85. The maximum absolute atomic E-state index is 11.3. The van der Waals surface area contributed by atoms with Crippen molar-refractivity contribution in [3.8, 4) is 5.75 Å². The molecule has 3 rings (SSSR count). The van der Waals surface area contributed by atoms with Crippen molar-refractivity contribution < 1.29 is 23.8 Å². The second kappa shape index (κ2) is 6.33. The van der Waals surface area contributed by atoms with Crippen LogP contribution in [0.4, 0.5) is 0 Å². The minimum Gasteiger partial charge on any atom is -0.508 e. The molecule has 1 aliphatic heterocycles. The van der Waals surface area contributed by atoms with Gasteiger partial charge in [0.15, 0.2) is 5.58 Å². The first kappa shape index (κ1) is 14.8. The van der Waals surface area contributed by atoms with Crippen molar-refractivity contribution >= 4 is 17.1 Å². The summed E-state index contributed by atoms with van der Waals surface area (Å²) in [6.07, 6.45) is 0.0728. The standard InChI is InChI=1S/C15H18N2O5/c1-20-15(19)7-11-8-17(4-5-21-11)9-14-16-12-3-2-10(18)6-13(12)22-14/h2-3,6,11,18H,4-5,7-9H2,1H3/t11-/m0/s1. The number of morpholine rings is 1. The number of phenolic OH excluding ortho intramolecular Hbond substituents is 1. The lowest BCUT2D eigenvalue weighted by molar-refractivity contribution is -0.145. The summed E-state index contributed by atoms with van der Waals surface area (Å²) in [5.41, 5.74) is 1.28. The lowest BCUT2D eigenvalue weighted by atomic mass is 10.2. The zero-order chi connectivity index (χ0) is 15.5. The summed E-state index contributed by atoms with van der Waals surface area (Å²) < 4.78 is 15.9. The number of aromatic hydroxyl groups is 1. The maximum Gasteiger partial charge on any atom is 0.308 e. The number of phenols is 1. The van der Waals surface area contributed by atoms with Gasteiger partial charge in [-0.05, 0) is 12.1 Å². The predicted octanol–water partition coefficient (Wildman–Crippen LogP) is 1.30. The summed E-state index contributed by atoms with van der Waals surface area (Å²) >= 11 is 0. The van der Waals surface area contributed by atoms with Crippen LogP contribution in [-0.4, -0.2) is 53.9 Å². The van der Waals surface area contributed by atoms with Gasteiger partial charge >= 0.3 is 5.97 Å². The average molecular weight is 306 g/mol. The lowest BCUT2D eigenvalue weighted by Gasteiger charge is -2.31. The molecule has 0 amide bonds. The minimum absolute atomic E-state index is 0.153. The number of fused-ring (bicyclic) bond motifs is 1. The van der Waals surface area contributed by atoms with Crippen LogP contribution < -0.4 is 0 Å². The van der Waals surface area contributed by atoms with Crippen molar-refractivity contribution in [2.75, 3.05) is 26.8 Å². The Hall–Kier alpha value is -2.12. The van der Waals surface area contributed by atoms with Crippen molar-refractivity contribution in [2.45, 2.75) is 19.1 Å². The largest absolute Gasteiger partial charge is 0.508 e. The number of hydrogen-bond acceptors (Lipinski definition) is 7. The quantitative estimate of drug-likeness (QED) is 0.852. The molecule has 0 bridgehead atoms. The molecule has 1 fully saturated rings. The van der Waals surface area contributed by atoms with Crippen LogP contribution in [0.1, 0.15) is 12.3 Å². The lowest BCUT2D eigenvalue weighted by Crippen LogP contribution is -2.42. The third-order valence-electron chi connectivity index (χ3n) is 3.62. The van der Waals surface area contributed by atoms with Crippen molar-refractivity contribution in [3.05, 3.63) is 24.1 Å². The van der Waals surface area contributed by atoms with E-state index in [2.05, 4.69) is 14.6 Å². The molecule has 0 radical (unpaired) electrons. The highest BCUT2D eigenvalue weighted by Gasteiger charge is 2.24. The Bertz CT molecular complexity index is 669. The number of carbonyl (C=O) groups is 1. The molecule has 7 heteroatoms. The third kappa shape index (κ3) is 3.37. The number of nitrogens with zero attached hydrogens (tertiary/aromatic N) is 2. The van der Waals surface area contributed by atoms with Crippen LogP contribution >= 0.6 is 0 Å². The SMILES string of the molecule is COC(=O)C[C@H]1CN(Cc2nc3ccc(O)cc3o2)CCO1. The molecule has 0 aliphatic carbocycles. The van der Waals surface area contributed by atoms with Crippen molar-refractivity contribution in [3.63, 3.8) is 0 Å². The van der Waals surface area contributed by atoms with E-state index in [-0.39, 0.29) is 24.2 Å². The highest BCUT2D eigenvalue weighted by molar-refractivity contribution is 5.74. The topological polar surface area (TPSA) is 85.0 Å². The number of ether oxygens (including phenoxy) is 2. The molecule has 7 nitrogen and oxygen atoms in total. The third-order valence-corrected chi connectivity index (χ3v) is 3.62. The fourth-order valence-electron chi connectivity index (χ4n) is 2.54. The summed E-state index contributed by atoms with van der Waals surface area (Å²) in [5, 5.41) is 9.44. The molecule has 0 spiro atoms. The molecule has 2 heterocycles. The number of hydrogen-bond donors (Lipinski definition) is 1. The maximum atomic E-state index is 11.3. The van der Waals surface area contributed by atoms with Crippen LogP contribution in [0.3, 0.4) is 0 Å². The van der Waals surface area contributed by atoms with E-state index in [0.717, 1.165) is 6.54 Å². The van der Waals surface area contributed by atoms with Gasteiger partial charge in [-0.1, -0.05) is 0 Å². The molecule has 1 saturated heterocycles. The summed E-state index contributed by atoms with van der Waals surface area (Å²) in [7, 11) is 1.37. The van der Waals surface area contributed by atoms with E-state index in [1.165, 1.54) is 7.11 Å². The highest BCUT2D eigenvalue weighted by Crippen LogP contribution is 2.22. The number of benzene rings is 1. The molecular formula is C15H18N2O5. The van der Waals surface area contributed by atoms with Crippen LogP contribution in [0.25, 0.3) is 11.1 Å². The molecule has 1 aromatic heterocycles. The second-order valence-corrected chi connectivity index (χ2v) is 5.27. The van der Waals surface area contributed by atoms with Gasteiger partial charge in [0.1, 0.15) is 11.3 Å². The zero-order valence-corrected chi connectivity index (χ0v) is 12.3. The van der Waals surface area contributed by atoms with Gasteiger partial charge in [-0.25, -0.2) is 4.98 Å². The van der Waals surface area contributed by atoms with E-state index in [4.69, 9.17) is 9.15 Å². The fraction of sp³-hybridized carbons (Fsp3) is 0.467. The monoisotopic (exact) mass is 306 g/mol. The molecule has 0 saturated carbocycles. The van der Waals surface area contributed by atoms with Gasteiger partial charge in [0.2, 0.25) is 5.89 Å². The highest BCUT2D eigenvalue weighted by atomic mass is 16.5. The number of carbonyl (C=O) groups excluding carboxylic acids is 1. The number of esters is 1. The summed E-state index contributed by atoms with van der Waals surface area (Å²) in [4.78, 5) is 17.8. The van der Waals surface area contributed by atoms with Crippen LogP contribution in [0.15, 0.2) is 22.6 Å². The first-order valence-corrected chi connectivity index (χ1v) is 7.13. The van der Waals surface area contributed by atoms with Gasteiger partial charge < -0.3 is 19.0 Å². The predicted molar refractivity (Wildman–Crippen MR) is 77.3 cm³/mol. The van der Waals surface area contributed by atoms with Crippen LogP contribution in [0, 0.1) is 0 Å².